The fourth-order valence-corrected chi connectivity index (χ4v) is 3.19. The third-order valence-corrected chi connectivity index (χ3v) is 4.95. The fourth-order valence-electron chi connectivity index (χ4n) is 3.19. The van der Waals surface area contributed by atoms with Crippen molar-refractivity contribution in [2.75, 3.05) is 0 Å². The molecule has 1 aliphatic heterocycles. The maximum Gasteiger partial charge on any atom is 0.407 e. The highest BCUT2D eigenvalue weighted by Gasteiger charge is 2.42. The number of rotatable bonds is 6. The van der Waals surface area contributed by atoms with Crippen LogP contribution in [0.25, 0.3) is 0 Å². The molecule has 2 aromatic rings. The van der Waals surface area contributed by atoms with Crippen molar-refractivity contribution in [3.8, 4) is 0 Å². The van der Waals surface area contributed by atoms with Crippen molar-refractivity contribution >= 4 is 12.0 Å². The maximum atomic E-state index is 12.6. The summed E-state index contributed by atoms with van der Waals surface area (Å²) in [5, 5.41) is 5.68. The largest absolute Gasteiger partial charge is 0.445 e. The van der Waals surface area contributed by atoms with E-state index in [0.29, 0.717) is 12.8 Å². The third-order valence-electron chi connectivity index (χ3n) is 4.95. The zero-order valence-corrected chi connectivity index (χ0v) is 15.4. The minimum atomic E-state index is -0.754. The molecule has 0 fully saturated rings. The van der Waals surface area contributed by atoms with E-state index in [1.807, 2.05) is 73.7 Å². The molecular weight excluding hydrogens is 340 g/mol. The van der Waals surface area contributed by atoms with Gasteiger partial charge in [0.1, 0.15) is 6.61 Å². The molecule has 2 N–H and O–H groups in total. The summed E-state index contributed by atoms with van der Waals surface area (Å²) < 4.78 is 5.37. The quantitative estimate of drug-likeness (QED) is 0.823. The van der Waals surface area contributed by atoms with E-state index in [1.165, 1.54) is 0 Å². The Morgan fingerprint density at radius 2 is 1.74 bits per heavy atom. The van der Waals surface area contributed by atoms with E-state index < -0.39 is 17.6 Å². The van der Waals surface area contributed by atoms with E-state index in [1.54, 1.807) is 6.20 Å². The Kier molecular flexibility index (Phi) is 5.91. The number of alkyl carbamates (subject to hydrolysis) is 1. The van der Waals surface area contributed by atoms with Gasteiger partial charge in [-0.25, -0.2) is 4.79 Å². The molecule has 0 radical (unpaired) electrons. The smallest absolute Gasteiger partial charge is 0.407 e. The van der Waals surface area contributed by atoms with Crippen LogP contribution in [0.3, 0.4) is 0 Å². The van der Waals surface area contributed by atoms with Crippen molar-refractivity contribution in [1.29, 1.82) is 0 Å². The molecule has 2 amide bonds. The second kappa shape index (κ2) is 8.54. The molecule has 0 saturated carbocycles. The van der Waals surface area contributed by atoms with Crippen molar-refractivity contribution in [2.24, 2.45) is 5.41 Å². The number of hydrogen-bond acceptors (Lipinski definition) is 3. The predicted molar refractivity (Wildman–Crippen MR) is 104 cm³/mol. The topological polar surface area (TPSA) is 67.4 Å². The average Bonchev–Trinajstić information content (AvgIpc) is 2.70. The van der Waals surface area contributed by atoms with E-state index in [4.69, 9.17) is 4.74 Å². The van der Waals surface area contributed by atoms with Gasteiger partial charge in [0.05, 0.1) is 11.5 Å². The van der Waals surface area contributed by atoms with Gasteiger partial charge in [0.25, 0.3) is 0 Å². The summed E-state index contributed by atoms with van der Waals surface area (Å²) in [5.74, 6) is -0.103. The monoisotopic (exact) mass is 364 g/mol. The number of carbonyl (C=O) groups excluding carboxylic acids is 2. The van der Waals surface area contributed by atoms with Crippen LogP contribution in [0.5, 0.6) is 0 Å². The molecule has 0 aromatic heterocycles. The summed E-state index contributed by atoms with van der Waals surface area (Å²) in [5.41, 5.74) is 1.21. The number of amides is 2. The highest BCUT2D eigenvalue weighted by Crippen LogP contribution is 2.31. The van der Waals surface area contributed by atoms with Gasteiger partial charge in [0, 0.05) is 0 Å². The van der Waals surface area contributed by atoms with Crippen molar-refractivity contribution in [2.45, 2.75) is 32.4 Å². The molecule has 2 atom stereocenters. The number of nitrogens with one attached hydrogen (secondary N) is 2. The van der Waals surface area contributed by atoms with Gasteiger partial charge in [-0.05, 0) is 37.1 Å². The summed E-state index contributed by atoms with van der Waals surface area (Å²) in [6.07, 6.45) is 4.13. The van der Waals surface area contributed by atoms with Crippen molar-refractivity contribution in [3.05, 3.63) is 84.1 Å². The molecule has 5 heteroatoms. The number of hydrogen-bond donors (Lipinski definition) is 2. The van der Waals surface area contributed by atoms with Gasteiger partial charge in [-0.1, -0.05) is 66.7 Å². The lowest BCUT2D eigenvalue weighted by Gasteiger charge is -2.37. The average molecular weight is 364 g/mol. The minimum absolute atomic E-state index is 0.103. The van der Waals surface area contributed by atoms with E-state index in [0.717, 1.165) is 11.1 Å². The summed E-state index contributed by atoms with van der Waals surface area (Å²) in [4.78, 5) is 25.0. The molecule has 0 aliphatic carbocycles. The Hall–Kier alpha value is -3.08. The second-order valence-electron chi connectivity index (χ2n) is 6.95. The van der Waals surface area contributed by atoms with Crippen LogP contribution < -0.4 is 10.6 Å². The summed E-state index contributed by atoms with van der Waals surface area (Å²) in [6.45, 7) is 2.06. The Balaban J connectivity index is 1.72. The summed E-state index contributed by atoms with van der Waals surface area (Å²) in [6, 6.07) is 18.9. The normalized spacial score (nSPS) is 19.8. The Bertz CT molecular complexity index is 805. The van der Waals surface area contributed by atoms with Gasteiger partial charge in [-0.2, -0.15) is 0 Å². The number of benzene rings is 2. The maximum absolute atomic E-state index is 12.6. The van der Waals surface area contributed by atoms with Crippen LogP contribution in [-0.4, -0.2) is 18.0 Å². The summed E-state index contributed by atoms with van der Waals surface area (Å²) in [7, 11) is 0. The van der Waals surface area contributed by atoms with E-state index in [-0.39, 0.29) is 12.5 Å². The van der Waals surface area contributed by atoms with E-state index >= 15 is 0 Å². The highest BCUT2D eigenvalue weighted by atomic mass is 16.5. The van der Waals surface area contributed by atoms with Gasteiger partial charge < -0.3 is 15.4 Å². The first-order valence-electron chi connectivity index (χ1n) is 9.05. The zero-order chi connectivity index (χ0) is 19.1. The van der Waals surface area contributed by atoms with Crippen molar-refractivity contribution < 1.29 is 14.3 Å². The standard InChI is InChI=1S/C22H24N2O3/c1-22(13-8-14-23-20(22)25)19(15-17-9-4-2-5-10-17)24-21(26)27-16-18-11-6-3-7-12-18/h2-12,14,19H,13,15-16H2,1H3,(H,23,25)(H,24,26)/t19-,22-/m0/s1. The van der Waals surface area contributed by atoms with Crippen LogP contribution in [0.4, 0.5) is 4.79 Å². The van der Waals surface area contributed by atoms with Crippen LogP contribution in [0.2, 0.25) is 0 Å². The van der Waals surface area contributed by atoms with Gasteiger partial charge in [-0.3, -0.25) is 4.79 Å². The molecule has 0 spiro atoms. The van der Waals surface area contributed by atoms with Crippen LogP contribution in [0, 0.1) is 5.41 Å². The first-order chi connectivity index (χ1) is 13.1. The Morgan fingerprint density at radius 1 is 1.11 bits per heavy atom. The van der Waals surface area contributed by atoms with Gasteiger partial charge in [0.15, 0.2) is 0 Å². The fraction of sp³-hybridized carbons (Fsp3) is 0.273. The first-order valence-corrected chi connectivity index (χ1v) is 9.05. The van der Waals surface area contributed by atoms with Gasteiger partial charge in [-0.15, -0.1) is 0 Å². The molecule has 0 bridgehead atoms. The molecule has 140 valence electrons. The van der Waals surface area contributed by atoms with E-state index in [9.17, 15) is 9.59 Å². The number of ether oxygens (including phenoxy) is 1. The summed E-state index contributed by atoms with van der Waals surface area (Å²) >= 11 is 0. The van der Waals surface area contributed by atoms with Gasteiger partial charge in [0.2, 0.25) is 5.91 Å². The second-order valence-corrected chi connectivity index (χ2v) is 6.95. The lowest BCUT2D eigenvalue weighted by Crippen LogP contribution is -2.55. The zero-order valence-electron chi connectivity index (χ0n) is 15.4. The Labute approximate surface area is 159 Å². The molecule has 0 unspecified atom stereocenters. The molecule has 1 heterocycles. The lowest BCUT2D eigenvalue weighted by molar-refractivity contribution is -0.131. The van der Waals surface area contributed by atoms with Crippen molar-refractivity contribution in [3.63, 3.8) is 0 Å². The molecule has 0 saturated heterocycles. The number of allylic oxidation sites excluding steroid dienone is 1. The minimum Gasteiger partial charge on any atom is -0.445 e. The van der Waals surface area contributed by atoms with E-state index in [2.05, 4.69) is 10.6 Å². The molecule has 3 rings (SSSR count). The van der Waals surface area contributed by atoms with Crippen LogP contribution in [0.15, 0.2) is 72.9 Å². The molecule has 2 aromatic carbocycles. The SMILES string of the molecule is C[C@@]1([C@H](Cc2ccccc2)NC(=O)OCc2ccccc2)CC=CNC1=O. The first kappa shape index (κ1) is 18.7. The molecule has 1 aliphatic rings. The van der Waals surface area contributed by atoms with Crippen LogP contribution in [0.1, 0.15) is 24.5 Å². The van der Waals surface area contributed by atoms with Gasteiger partial charge >= 0.3 is 6.09 Å². The predicted octanol–water partition coefficient (Wildman–Crippen LogP) is 3.56. The van der Waals surface area contributed by atoms with Crippen molar-refractivity contribution in [1.82, 2.24) is 10.6 Å². The molecular formula is C22H24N2O3. The molecule has 5 nitrogen and oxygen atoms in total. The Morgan fingerprint density at radius 3 is 2.37 bits per heavy atom. The third kappa shape index (κ3) is 4.76. The lowest BCUT2D eigenvalue weighted by atomic mass is 9.74. The van der Waals surface area contributed by atoms with Crippen LogP contribution >= 0.6 is 0 Å². The van der Waals surface area contributed by atoms with Crippen LogP contribution in [-0.2, 0) is 22.6 Å². The molecule has 27 heavy (non-hydrogen) atoms. The highest BCUT2D eigenvalue weighted by molar-refractivity contribution is 5.86. The number of carbonyl (C=O) groups is 2.